The predicted molar refractivity (Wildman–Crippen MR) is 98.9 cm³/mol. The monoisotopic (exact) mass is 325 g/mol. The van der Waals surface area contributed by atoms with E-state index in [2.05, 4.69) is 73.0 Å². The van der Waals surface area contributed by atoms with Gasteiger partial charge >= 0.3 is 0 Å². The highest BCUT2D eigenvalue weighted by molar-refractivity contribution is 5.75. The summed E-state index contributed by atoms with van der Waals surface area (Å²) in [7, 11) is 0. The molecule has 2 aromatic rings. The third-order valence-electron chi connectivity index (χ3n) is 4.17. The van der Waals surface area contributed by atoms with E-state index >= 15 is 0 Å². The maximum Gasteiger partial charge on any atom is 0.225 e. The van der Waals surface area contributed by atoms with E-state index in [4.69, 9.17) is 0 Å². The fourth-order valence-electron chi connectivity index (χ4n) is 2.89. The molecule has 3 nitrogen and oxygen atoms in total. The minimum absolute atomic E-state index is 0.145. The average molecular weight is 325 g/mol. The number of quaternary nitrogens is 1. The fourth-order valence-corrected chi connectivity index (χ4v) is 2.89. The standard InChI is InChI=1S/C21H28N2O/c1-17(2)22-16-14-21(24)23-15-13-20(18-9-5-3-6-10-18)19-11-7-4-8-12-19/h3-12,17,20,22H,13-16H2,1-2H3,(H,23,24)/p+1. The number of carbonyl (C=O) groups excluding carboxylic acids is 1. The largest absolute Gasteiger partial charge is 0.356 e. The third-order valence-corrected chi connectivity index (χ3v) is 4.17. The zero-order chi connectivity index (χ0) is 17.2. The van der Waals surface area contributed by atoms with Crippen LogP contribution in [-0.2, 0) is 4.79 Å². The number of nitrogens with two attached hydrogens (primary N) is 1. The Labute approximate surface area is 145 Å². The molecule has 0 spiro atoms. The molecule has 0 saturated carbocycles. The number of hydrogen-bond donors (Lipinski definition) is 2. The molecule has 0 aliphatic carbocycles. The van der Waals surface area contributed by atoms with E-state index in [1.54, 1.807) is 0 Å². The van der Waals surface area contributed by atoms with Gasteiger partial charge in [-0.2, -0.15) is 0 Å². The van der Waals surface area contributed by atoms with Crippen molar-refractivity contribution in [3.8, 4) is 0 Å². The molecule has 2 aromatic carbocycles. The van der Waals surface area contributed by atoms with Crippen LogP contribution >= 0.6 is 0 Å². The van der Waals surface area contributed by atoms with Crippen LogP contribution in [0.3, 0.4) is 0 Å². The number of rotatable bonds is 9. The Kier molecular flexibility index (Phi) is 7.50. The van der Waals surface area contributed by atoms with Gasteiger partial charge in [-0.15, -0.1) is 0 Å². The summed E-state index contributed by atoms with van der Waals surface area (Å²) in [5.74, 6) is 0.460. The molecule has 2 rings (SSSR count). The van der Waals surface area contributed by atoms with E-state index in [-0.39, 0.29) is 5.91 Å². The van der Waals surface area contributed by atoms with Gasteiger partial charge in [0.2, 0.25) is 5.91 Å². The molecule has 0 unspecified atom stereocenters. The maximum absolute atomic E-state index is 11.9. The molecule has 3 heteroatoms. The highest BCUT2D eigenvalue weighted by atomic mass is 16.1. The van der Waals surface area contributed by atoms with Crippen molar-refractivity contribution in [1.29, 1.82) is 0 Å². The second kappa shape index (κ2) is 9.89. The van der Waals surface area contributed by atoms with E-state index < -0.39 is 0 Å². The van der Waals surface area contributed by atoms with E-state index in [0.717, 1.165) is 13.0 Å². The summed E-state index contributed by atoms with van der Waals surface area (Å²) in [6.07, 6.45) is 1.49. The Morgan fingerprint density at radius 2 is 1.50 bits per heavy atom. The zero-order valence-electron chi connectivity index (χ0n) is 14.7. The van der Waals surface area contributed by atoms with Gasteiger partial charge < -0.3 is 10.6 Å². The van der Waals surface area contributed by atoms with Crippen LogP contribution in [0.25, 0.3) is 0 Å². The number of carbonyl (C=O) groups is 1. The maximum atomic E-state index is 11.9. The Morgan fingerprint density at radius 1 is 0.958 bits per heavy atom. The van der Waals surface area contributed by atoms with Crippen molar-refractivity contribution >= 4 is 5.91 Å². The number of benzene rings is 2. The van der Waals surface area contributed by atoms with Gasteiger partial charge in [-0.1, -0.05) is 60.7 Å². The summed E-state index contributed by atoms with van der Waals surface area (Å²) in [6, 6.07) is 21.6. The van der Waals surface area contributed by atoms with Crippen LogP contribution in [-0.4, -0.2) is 25.0 Å². The van der Waals surface area contributed by atoms with Crippen molar-refractivity contribution < 1.29 is 10.1 Å². The van der Waals surface area contributed by atoms with E-state index in [0.29, 0.717) is 24.9 Å². The van der Waals surface area contributed by atoms with Crippen LogP contribution in [0.2, 0.25) is 0 Å². The molecule has 0 fully saturated rings. The molecule has 0 aromatic heterocycles. The Hall–Kier alpha value is -2.13. The normalized spacial score (nSPS) is 11.0. The van der Waals surface area contributed by atoms with Gasteiger partial charge in [-0.25, -0.2) is 0 Å². The summed E-state index contributed by atoms with van der Waals surface area (Å²) >= 11 is 0. The van der Waals surface area contributed by atoms with Crippen molar-refractivity contribution in [2.45, 2.75) is 38.6 Å². The fraction of sp³-hybridized carbons (Fsp3) is 0.381. The lowest BCUT2D eigenvalue weighted by molar-refractivity contribution is -0.681. The topological polar surface area (TPSA) is 45.7 Å². The first-order valence-electron chi connectivity index (χ1n) is 8.86. The third kappa shape index (κ3) is 6.17. The minimum Gasteiger partial charge on any atom is -0.356 e. The van der Waals surface area contributed by atoms with Gasteiger partial charge in [-0.3, -0.25) is 4.79 Å². The SMILES string of the molecule is CC(C)[NH2+]CCC(=O)NCCC(c1ccccc1)c1ccccc1. The lowest BCUT2D eigenvalue weighted by Crippen LogP contribution is -2.88. The smallest absolute Gasteiger partial charge is 0.225 e. The van der Waals surface area contributed by atoms with Crippen LogP contribution in [0.5, 0.6) is 0 Å². The molecular weight excluding hydrogens is 296 g/mol. The molecule has 0 heterocycles. The molecule has 0 radical (unpaired) electrons. The molecule has 24 heavy (non-hydrogen) atoms. The summed E-state index contributed by atoms with van der Waals surface area (Å²) in [5, 5.41) is 5.26. The van der Waals surface area contributed by atoms with Crippen molar-refractivity contribution in [2.75, 3.05) is 13.1 Å². The van der Waals surface area contributed by atoms with Crippen molar-refractivity contribution in [3.05, 3.63) is 71.8 Å². The van der Waals surface area contributed by atoms with Gasteiger partial charge in [0.25, 0.3) is 0 Å². The average Bonchev–Trinajstić information content (AvgIpc) is 2.60. The van der Waals surface area contributed by atoms with Gasteiger partial charge in [-0.05, 0) is 31.4 Å². The van der Waals surface area contributed by atoms with Crippen molar-refractivity contribution in [2.24, 2.45) is 0 Å². The van der Waals surface area contributed by atoms with Gasteiger partial charge in [0.05, 0.1) is 19.0 Å². The Bertz CT molecular complexity index is 556. The van der Waals surface area contributed by atoms with Crippen LogP contribution in [0.4, 0.5) is 0 Å². The first kappa shape index (κ1) is 18.2. The first-order chi connectivity index (χ1) is 11.7. The minimum atomic E-state index is 0.145. The summed E-state index contributed by atoms with van der Waals surface area (Å²) in [4.78, 5) is 11.9. The molecule has 0 saturated heterocycles. The van der Waals surface area contributed by atoms with Crippen LogP contribution in [0, 0.1) is 0 Å². The van der Waals surface area contributed by atoms with Gasteiger partial charge in [0.1, 0.15) is 0 Å². The molecule has 0 atom stereocenters. The second-order valence-electron chi connectivity index (χ2n) is 6.53. The van der Waals surface area contributed by atoms with Crippen molar-refractivity contribution in [1.82, 2.24) is 5.32 Å². The number of nitrogens with one attached hydrogen (secondary N) is 1. The van der Waals surface area contributed by atoms with Crippen LogP contribution in [0.15, 0.2) is 60.7 Å². The molecule has 3 N–H and O–H groups in total. The molecule has 1 amide bonds. The van der Waals surface area contributed by atoms with Crippen LogP contribution in [0.1, 0.15) is 43.7 Å². The lowest BCUT2D eigenvalue weighted by Gasteiger charge is -2.18. The van der Waals surface area contributed by atoms with Gasteiger partial charge in [0.15, 0.2) is 0 Å². The Morgan fingerprint density at radius 3 is 2.00 bits per heavy atom. The lowest BCUT2D eigenvalue weighted by atomic mass is 9.88. The highest BCUT2D eigenvalue weighted by Gasteiger charge is 2.14. The molecule has 0 aliphatic heterocycles. The molecule has 0 aliphatic rings. The molecular formula is C21H29N2O+. The Balaban J connectivity index is 1.89. The summed E-state index contributed by atoms with van der Waals surface area (Å²) < 4.78 is 0. The summed E-state index contributed by atoms with van der Waals surface area (Å²) in [6.45, 7) is 5.84. The van der Waals surface area contributed by atoms with Crippen LogP contribution < -0.4 is 10.6 Å². The number of hydrogen-bond acceptors (Lipinski definition) is 1. The highest BCUT2D eigenvalue weighted by Crippen LogP contribution is 2.27. The quantitative estimate of drug-likeness (QED) is 0.731. The number of amides is 1. The van der Waals surface area contributed by atoms with Crippen molar-refractivity contribution in [3.63, 3.8) is 0 Å². The first-order valence-corrected chi connectivity index (χ1v) is 8.86. The van der Waals surface area contributed by atoms with E-state index in [9.17, 15) is 4.79 Å². The second-order valence-corrected chi connectivity index (χ2v) is 6.53. The molecule has 128 valence electrons. The molecule has 0 bridgehead atoms. The zero-order valence-corrected chi connectivity index (χ0v) is 14.7. The van der Waals surface area contributed by atoms with E-state index in [1.165, 1.54) is 11.1 Å². The summed E-state index contributed by atoms with van der Waals surface area (Å²) in [5.41, 5.74) is 2.59. The van der Waals surface area contributed by atoms with E-state index in [1.807, 2.05) is 12.1 Å². The predicted octanol–water partition coefficient (Wildman–Crippen LogP) is 2.69. The van der Waals surface area contributed by atoms with Gasteiger partial charge in [0, 0.05) is 12.5 Å².